The van der Waals surface area contributed by atoms with E-state index in [-0.39, 0.29) is 5.91 Å². The lowest BCUT2D eigenvalue weighted by Gasteiger charge is -2.14. The Kier molecular flexibility index (Phi) is 3.64. The molecular formula is C14H10N2O2. The Bertz CT molecular complexity index is 575. The second-order valence-corrected chi connectivity index (χ2v) is 3.51. The van der Waals surface area contributed by atoms with Crippen molar-refractivity contribution in [2.75, 3.05) is 5.01 Å². The zero-order chi connectivity index (χ0) is 12.8. The fourth-order valence-electron chi connectivity index (χ4n) is 1.53. The van der Waals surface area contributed by atoms with Crippen LogP contribution in [0.5, 0.6) is 0 Å². The topological polar surface area (TPSA) is 49.7 Å². The van der Waals surface area contributed by atoms with Crippen molar-refractivity contribution in [2.24, 2.45) is 5.10 Å². The number of para-hydroxylation sites is 1. The van der Waals surface area contributed by atoms with E-state index in [2.05, 4.69) is 5.10 Å². The highest BCUT2D eigenvalue weighted by Crippen LogP contribution is 2.16. The van der Waals surface area contributed by atoms with Gasteiger partial charge in [0.05, 0.1) is 5.69 Å². The van der Waals surface area contributed by atoms with Crippen LogP contribution in [-0.4, -0.2) is 12.0 Å². The van der Waals surface area contributed by atoms with Gasteiger partial charge in [0.25, 0.3) is 12.0 Å². The molecule has 88 valence electrons. The van der Waals surface area contributed by atoms with Crippen molar-refractivity contribution in [2.45, 2.75) is 0 Å². The molecule has 1 amide bonds. The minimum atomic E-state index is -0.370. The van der Waals surface area contributed by atoms with Crippen LogP contribution in [0, 0.1) is 0 Å². The van der Waals surface area contributed by atoms with Crippen LogP contribution in [-0.2, 0) is 4.79 Å². The number of amides is 1. The number of carbonyl (C=O) groups excluding carboxylic acids is 2. The van der Waals surface area contributed by atoms with E-state index >= 15 is 0 Å². The molecule has 0 saturated heterocycles. The van der Waals surface area contributed by atoms with Gasteiger partial charge in [-0.3, -0.25) is 4.79 Å². The van der Waals surface area contributed by atoms with Crippen LogP contribution >= 0.6 is 0 Å². The summed E-state index contributed by atoms with van der Waals surface area (Å²) in [6.07, 6.45) is 1.40. The average molecular weight is 238 g/mol. The normalized spacial score (nSPS) is 9.33. The third-order valence-electron chi connectivity index (χ3n) is 2.35. The van der Waals surface area contributed by atoms with Crippen molar-refractivity contribution in [1.82, 2.24) is 0 Å². The van der Waals surface area contributed by atoms with E-state index in [0.29, 0.717) is 11.3 Å². The summed E-state index contributed by atoms with van der Waals surface area (Å²) in [5, 5.41) is 4.48. The summed E-state index contributed by atoms with van der Waals surface area (Å²) in [6, 6.07) is 17.4. The lowest BCUT2D eigenvalue weighted by Crippen LogP contribution is -2.25. The molecule has 2 aromatic carbocycles. The third kappa shape index (κ3) is 2.51. The van der Waals surface area contributed by atoms with E-state index < -0.39 is 0 Å². The Morgan fingerprint density at radius 2 is 1.50 bits per heavy atom. The van der Waals surface area contributed by atoms with Gasteiger partial charge in [-0.25, -0.2) is 4.79 Å². The number of benzene rings is 2. The molecule has 0 aliphatic heterocycles. The van der Waals surface area contributed by atoms with Crippen molar-refractivity contribution in [3.8, 4) is 0 Å². The summed E-state index contributed by atoms with van der Waals surface area (Å²) in [6.45, 7) is 0. The van der Waals surface area contributed by atoms with Gasteiger partial charge in [0.2, 0.25) is 0 Å². The van der Waals surface area contributed by atoms with Crippen LogP contribution in [0.1, 0.15) is 10.4 Å². The minimum Gasteiger partial charge on any atom is -0.267 e. The summed E-state index contributed by atoms with van der Waals surface area (Å²) < 4.78 is 0. The predicted octanol–water partition coefficient (Wildman–Crippen LogP) is 2.58. The highest BCUT2D eigenvalue weighted by molar-refractivity contribution is 6.05. The summed E-state index contributed by atoms with van der Waals surface area (Å²) >= 11 is 0. The van der Waals surface area contributed by atoms with Crippen molar-refractivity contribution in [3.05, 3.63) is 66.2 Å². The molecule has 0 saturated carbocycles. The number of anilines is 1. The second kappa shape index (κ2) is 5.57. The van der Waals surface area contributed by atoms with Crippen molar-refractivity contribution >= 4 is 17.7 Å². The molecule has 0 spiro atoms. The van der Waals surface area contributed by atoms with E-state index in [9.17, 15) is 9.59 Å². The molecule has 0 radical (unpaired) electrons. The van der Waals surface area contributed by atoms with Crippen molar-refractivity contribution in [3.63, 3.8) is 0 Å². The number of carbonyl (C=O) groups is 1. The van der Waals surface area contributed by atoms with E-state index in [1.165, 1.54) is 6.08 Å². The first-order chi connectivity index (χ1) is 8.83. The maximum absolute atomic E-state index is 12.2. The molecule has 2 rings (SSSR count). The summed E-state index contributed by atoms with van der Waals surface area (Å²) in [5.41, 5.74) is 0.982. The Balaban J connectivity index is 2.38. The SMILES string of the molecule is O=C=NN(C(=O)c1ccccc1)c1ccccc1. The fraction of sp³-hybridized carbons (Fsp3) is 0. The first-order valence-electron chi connectivity index (χ1n) is 5.35. The predicted molar refractivity (Wildman–Crippen MR) is 67.8 cm³/mol. The van der Waals surface area contributed by atoms with Gasteiger partial charge < -0.3 is 0 Å². The smallest absolute Gasteiger partial charge is 0.267 e. The Labute approximate surface area is 104 Å². The Morgan fingerprint density at radius 1 is 0.944 bits per heavy atom. The molecule has 0 aliphatic rings. The van der Waals surface area contributed by atoms with Crippen LogP contribution < -0.4 is 5.01 Å². The average Bonchev–Trinajstić information content (AvgIpc) is 2.46. The molecule has 0 atom stereocenters. The molecule has 0 heterocycles. The number of hydrogen-bond donors (Lipinski definition) is 0. The molecule has 4 heteroatoms. The zero-order valence-electron chi connectivity index (χ0n) is 9.48. The number of nitrogens with zero attached hydrogens (tertiary/aromatic N) is 2. The molecule has 0 N–H and O–H groups in total. The summed E-state index contributed by atoms with van der Waals surface area (Å²) in [4.78, 5) is 22.6. The van der Waals surface area contributed by atoms with Crippen molar-refractivity contribution < 1.29 is 9.59 Å². The van der Waals surface area contributed by atoms with Crippen molar-refractivity contribution in [1.29, 1.82) is 0 Å². The lowest BCUT2D eigenvalue weighted by atomic mass is 10.2. The standard InChI is InChI=1S/C14H10N2O2/c17-11-15-16(13-9-5-2-6-10-13)14(18)12-7-3-1-4-8-12/h1-10H. The van der Waals surface area contributed by atoms with E-state index in [1.807, 2.05) is 12.1 Å². The molecule has 18 heavy (non-hydrogen) atoms. The largest absolute Gasteiger partial charge is 0.279 e. The number of rotatable bonds is 3. The van der Waals surface area contributed by atoms with Crippen LogP contribution in [0.4, 0.5) is 5.69 Å². The number of isocyanates is 1. The van der Waals surface area contributed by atoms with E-state index in [0.717, 1.165) is 5.01 Å². The van der Waals surface area contributed by atoms with Gasteiger partial charge in [-0.1, -0.05) is 41.5 Å². The van der Waals surface area contributed by atoms with Gasteiger partial charge in [0, 0.05) is 5.56 Å². The molecule has 0 unspecified atom stereocenters. The van der Waals surface area contributed by atoms with E-state index in [4.69, 9.17) is 0 Å². The van der Waals surface area contributed by atoms with Crippen LogP contribution in [0.2, 0.25) is 0 Å². The first-order valence-corrected chi connectivity index (χ1v) is 5.35. The van der Waals surface area contributed by atoms with Gasteiger partial charge in [0.1, 0.15) is 0 Å². The number of hydrogen-bond acceptors (Lipinski definition) is 3. The number of hydrazone groups is 1. The lowest BCUT2D eigenvalue weighted by molar-refractivity contribution is 0.0987. The maximum atomic E-state index is 12.2. The third-order valence-corrected chi connectivity index (χ3v) is 2.35. The van der Waals surface area contributed by atoms with Crippen LogP contribution in [0.15, 0.2) is 65.8 Å². The molecule has 0 aromatic heterocycles. The Hall–Kier alpha value is -2.71. The summed E-state index contributed by atoms with van der Waals surface area (Å²) in [5.74, 6) is -0.370. The summed E-state index contributed by atoms with van der Waals surface area (Å²) in [7, 11) is 0. The molecular weight excluding hydrogens is 228 g/mol. The highest BCUT2D eigenvalue weighted by atomic mass is 16.2. The quantitative estimate of drug-likeness (QED) is 0.469. The molecule has 0 aliphatic carbocycles. The van der Waals surface area contributed by atoms with Gasteiger partial charge in [-0.2, -0.15) is 5.01 Å². The molecule has 4 nitrogen and oxygen atoms in total. The van der Waals surface area contributed by atoms with E-state index in [1.54, 1.807) is 48.5 Å². The molecule has 0 fully saturated rings. The molecule has 2 aromatic rings. The van der Waals surface area contributed by atoms with Gasteiger partial charge >= 0.3 is 0 Å². The second-order valence-electron chi connectivity index (χ2n) is 3.51. The zero-order valence-corrected chi connectivity index (χ0v) is 9.48. The van der Waals surface area contributed by atoms with Crippen LogP contribution in [0.3, 0.4) is 0 Å². The van der Waals surface area contributed by atoms with Gasteiger partial charge in [0.15, 0.2) is 0 Å². The first kappa shape index (κ1) is 11.8. The minimum absolute atomic E-state index is 0.370. The van der Waals surface area contributed by atoms with Crippen LogP contribution in [0.25, 0.3) is 0 Å². The van der Waals surface area contributed by atoms with Gasteiger partial charge in [-0.05, 0) is 24.3 Å². The highest BCUT2D eigenvalue weighted by Gasteiger charge is 2.16. The maximum Gasteiger partial charge on any atom is 0.279 e. The Morgan fingerprint density at radius 3 is 2.06 bits per heavy atom. The van der Waals surface area contributed by atoms with Gasteiger partial charge in [-0.15, -0.1) is 0 Å². The fourth-order valence-corrected chi connectivity index (χ4v) is 1.53. The monoisotopic (exact) mass is 238 g/mol. The molecule has 0 bridgehead atoms.